The number of anilines is 1. The van der Waals surface area contributed by atoms with Gasteiger partial charge in [-0.3, -0.25) is 4.98 Å². The van der Waals surface area contributed by atoms with Gasteiger partial charge in [0, 0.05) is 36.0 Å². The van der Waals surface area contributed by atoms with Crippen molar-refractivity contribution in [2.75, 3.05) is 12.4 Å². The molecule has 0 aliphatic carbocycles. The van der Waals surface area contributed by atoms with Gasteiger partial charge in [-0.1, -0.05) is 32.0 Å². The average Bonchev–Trinajstić information content (AvgIpc) is 2.53. The van der Waals surface area contributed by atoms with E-state index in [2.05, 4.69) is 35.2 Å². The van der Waals surface area contributed by atoms with Crippen molar-refractivity contribution >= 4 is 16.7 Å². The Balaban J connectivity index is 2.25. The summed E-state index contributed by atoms with van der Waals surface area (Å²) in [6.45, 7) is 4.27. The molecule has 0 bridgehead atoms. The summed E-state index contributed by atoms with van der Waals surface area (Å²) in [4.78, 5) is 13.7. The van der Waals surface area contributed by atoms with Crippen molar-refractivity contribution in [3.63, 3.8) is 0 Å². The van der Waals surface area contributed by atoms with Crippen molar-refractivity contribution in [1.29, 1.82) is 0 Å². The molecule has 4 nitrogen and oxygen atoms in total. The van der Waals surface area contributed by atoms with E-state index in [1.807, 2.05) is 43.6 Å². The molecule has 0 saturated heterocycles. The molecule has 0 saturated carbocycles. The smallest absolute Gasteiger partial charge is 0.162 e. The average molecular weight is 278 g/mol. The number of rotatable bonds is 3. The van der Waals surface area contributed by atoms with Crippen LogP contribution < -0.4 is 5.32 Å². The molecular weight excluding hydrogens is 260 g/mol. The van der Waals surface area contributed by atoms with Crippen LogP contribution >= 0.6 is 0 Å². The van der Waals surface area contributed by atoms with Gasteiger partial charge in [0.2, 0.25) is 0 Å². The van der Waals surface area contributed by atoms with Gasteiger partial charge < -0.3 is 5.32 Å². The van der Waals surface area contributed by atoms with E-state index in [4.69, 9.17) is 4.98 Å². The first-order valence-corrected chi connectivity index (χ1v) is 7.10. The maximum Gasteiger partial charge on any atom is 0.162 e. The van der Waals surface area contributed by atoms with Crippen LogP contribution in [0.3, 0.4) is 0 Å². The van der Waals surface area contributed by atoms with Crippen molar-refractivity contribution in [3.8, 4) is 11.4 Å². The van der Waals surface area contributed by atoms with Gasteiger partial charge in [0.1, 0.15) is 5.82 Å². The predicted molar refractivity (Wildman–Crippen MR) is 86.4 cm³/mol. The highest BCUT2D eigenvalue weighted by Crippen LogP contribution is 2.27. The fourth-order valence-corrected chi connectivity index (χ4v) is 2.30. The van der Waals surface area contributed by atoms with E-state index in [1.165, 1.54) is 0 Å². The van der Waals surface area contributed by atoms with E-state index < -0.39 is 0 Å². The lowest BCUT2D eigenvalue weighted by Crippen LogP contribution is -2.02. The van der Waals surface area contributed by atoms with Gasteiger partial charge in [0.25, 0.3) is 0 Å². The number of nitrogens with zero attached hydrogens (tertiary/aromatic N) is 3. The van der Waals surface area contributed by atoms with Gasteiger partial charge in [-0.25, -0.2) is 9.97 Å². The predicted octanol–water partition coefficient (Wildman–Crippen LogP) is 3.86. The molecule has 0 spiro atoms. The minimum absolute atomic E-state index is 0.354. The highest BCUT2D eigenvalue weighted by Gasteiger charge is 2.11. The molecule has 0 aliphatic rings. The van der Waals surface area contributed by atoms with Crippen LogP contribution in [0.15, 0.2) is 42.6 Å². The molecule has 106 valence electrons. The number of pyridine rings is 1. The Morgan fingerprint density at radius 1 is 1.05 bits per heavy atom. The third-order valence-electron chi connectivity index (χ3n) is 3.48. The van der Waals surface area contributed by atoms with Gasteiger partial charge >= 0.3 is 0 Å². The van der Waals surface area contributed by atoms with Gasteiger partial charge in [-0.05, 0) is 18.1 Å². The van der Waals surface area contributed by atoms with Crippen LogP contribution in [0.1, 0.15) is 25.5 Å². The van der Waals surface area contributed by atoms with Crippen molar-refractivity contribution in [2.45, 2.75) is 19.8 Å². The van der Waals surface area contributed by atoms with Crippen molar-refractivity contribution < 1.29 is 0 Å². The largest absolute Gasteiger partial charge is 0.373 e. The van der Waals surface area contributed by atoms with Gasteiger partial charge in [0.15, 0.2) is 5.82 Å². The van der Waals surface area contributed by atoms with Gasteiger partial charge in [-0.2, -0.15) is 0 Å². The quantitative estimate of drug-likeness (QED) is 0.790. The first kappa shape index (κ1) is 13.5. The molecule has 1 aromatic carbocycles. The summed E-state index contributed by atoms with van der Waals surface area (Å²) in [5.41, 5.74) is 3.00. The Kier molecular flexibility index (Phi) is 3.52. The second-order valence-corrected chi connectivity index (χ2v) is 5.28. The van der Waals surface area contributed by atoms with E-state index in [-0.39, 0.29) is 0 Å². The Bertz CT molecular complexity index is 775. The highest BCUT2D eigenvalue weighted by atomic mass is 15.0. The van der Waals surface area contributed by atoms with Crippen LogP contribution in [-0.2, 0) is 0 Å². The number of benzene rings is 1. The summed E-state index contributed by atoms with van der Waals surface area (Å²) in [6, 6.07) is 12.0. The first-order valence-electron chi connectivity index (χ1n) is 7.10. The van der Waals surface area contributed by atoms with Crippen LogP contribution in [0, 0.1) is 0 Å². The fourth-order valence-electron chi connectivity index (χ4n) is 2.30. The van der Waals surface area contributed by atoms with E-state index in [0.29, 0.717) is 5.92 Å². The third kappa shape index (κ3) is 2.57. The molecule has 4 heteroatoms. The molecule has 1 N–H and O–H groups in total. The van der Waals surface area contributed by atoms with Crippen LogP contribution in [0.4, 0.5) is 5.82 Å². The maximum absolute atomic E-state index is 4.72. The van der Waals surface area contributed by atoms with E-state index in [0.717, 1.165) is 33.8 Å². The van der Waals surface area contributed by atoms with E-state index in [1.54, 1.807) is 0 Å². The Hall–Kier alpha value is -2.49. The molecule has 3 rings (SSSR count). The summed E-state index contributed by atoms with van der Waals surface area (Å²) in [5, 5.41) is 4.19. The van der Waals surface area contributed by atoms with Crippen molar-refractivity contribution in [2.24, 2.45) is 0 Å². The zero-order valence-corrected chi connectivity index (χ0v) is 12.5. The molecular formula is C17H18N4. The number of para-hydroxylation sites is 1. The van der Waals surface area contributed by atoms with Crippen molar-refractivity contribution in [3.05, 3.63) is 48.3 Å². The summed E-state index contributed by atoms with van der Waals surface area (Å²) in [5.74, 6) is 1.93. The molecule has 0 amide bonds. The van der Waals surface area contributed by atoms with Crippen LogP contribution in [0.5, 0.6) is 0 Å². The van der Waals surface area contributed by atoms with Crippen LogP contribution in [0.2, 0.25) is 0 Å². The van der Waals surface area contributed by atoms with Crippen molar-refractivity contribution in [1.82, 2.24) is 15.0 Å². The number of aromatic nitrogens is 3. The fraction of sp³-hybridized carbons (Fsp3) is 0.235. The monoisotopic (exact) mass is 278 g/mol. The minimum atomic E-state index is 0.354. The normalized spacial score (nSPS) is 11.0. The van der Waals surface area contributed by atoms with Gasteiger partial charge in [-0.15, -0.1) is 0 Å². The first-order chi connectivity index (χ1) is 10.2. The number of hydrogen-bond acceptors (Lipinski definition) is 4. The number of hydrogen-bond donors (Lipinski definition) is 1. The summed E-state index contributed by atoms with van der Waals surface area (Å²) in [7, 11) is 1.88. The number of nitrogens with one attached hydrogen (secondary N) is 1. The molecule has 21 heavy (non-hydrogen) atoms. The molecule has 3 aromatic rings. The molecule has 0 radical (unpaired) electrons. The molecule has 0 atom stereocenters. The molecule has 0 unspecified atom stereocenters. The number of fused-ring (bicyclic) bond motifs is 1. The standard InChI is InChI=1S/C17H18N4/c1-11(2)15-10-16(18-3)21-17(20-15)13-8-9-19-14-7-5-4-6-12(13)14/h4-11H,1-3H3,(H,18,20,21). The second-order valence-electron chi connectivity index (χ2n) is 5.28. The SMILES string of the molecule is CNc1cc(C(C)C)nc(-c2ccnc3ccccc23)n1. The second kappa shape index (κ2) is 5.48. The zero-order valence-electron chi connectivity index (χ0n) is 12.5. The zero-order chi connectivity index (χ0) is 14.8. The summed E-state index contributed by atoms with van der Waals surface area (Å²) >= 11 is 0. The Labute approximate surface area is 124 Å². The molecule has 0 fully saturated rings. The lowest BCUT2D eigenvalue weighted by atomic mass is 10.1. The molecule has 0 aliphatic heterocycles. The minimum Gasteiger partial charge on any atom is -0.373 e. The van der Waals surface area contributed by atoms with E-state index in [9.17, 15) is 0 Å². The Morgan fingerprint density at radius 3 is 2.62 bits per heavy atom. The van der Waals surface area contributed by atoms with E-state index >= 15 is 0 Å². The summed E-state index contributed by atoms with van der Waals surface area (Å²) < 4.78 is 0. The molecule has 2 aromatic heterocycles. The lowest BCUT2D eigenvalue weighted by molar-refractivity contribution is 0.818. The van der Waals surface area contributed by atoms with Gasteiger partial charge in [0.05, 0.1) is 5.52 Å². The topological polar surface area (TPSA) is 50.7 Å². The summed E-state index contributed by atoms with van der Waals surface area (Å²) in [6.07, 6.45) is 1.81. The Morgan fingerprint density at radius 2 is 1.86 bits per heavy atom. The van der Waals surface area contributed by atoms with Crippen LogP contribution in [-0.4, -0.2) is 22.0 Å². The maximum atomic E-state index is 4.72. The highest BCUT2D eigenvalue weighted by molar-refractivity contribution is 5.92. The molecule has 2 heterocycles. The lowest BCUT2D eigenvalue weighted by Gasteiger charge is -2.11. The van der Waals surface area contributed by atoms with Crippen LogP contribution in [0.25, 0.3) is 22.3 Å². The third-order valence-corrected chi connectivity index (χ3v) is 3.48.